The van der Waals surface area contributed by atoms with Gasteiger partial charge in [-0.25, -0.2) is 4.99 Å². The Balaban J connectivity index is 0.931. The van der Waals surface area contributed by atoms with Crippen molar-refractivity contribution in [3.8, 4) is 44.8 Å². The lowest BCUT2D eigenvalue weighted by molar-refractivity contribution is 0.666. The van der Waals surface area contributed by atoms with E-state index in [2.05, 4.69) is 279 Å². The minimum absolute atomic E-state index is 0.204. The van der Waals surface area contributed by atoms with Gasteiger partial charge >= 0.3 is 0 Å². The van der Waals surface area contributed by atoms with E-state index in [1.807, 2.05) is 6.07 Å². The van der Waals surface area contributed by atoms with Gasteiger partial charge in [0.2, 0.25) is 5.96 Å². The predicted molar refractivity (Wildman–Crippen MR) is 318 cm³/mol. The van der Waals surface area contributed by atoms with Crippen molar-refractivity contribution in [1.29, 1.82) is 0 Å². The summed E-state index contributed by atoms with van der Waals surface area (Å²) in [4.78, 5) is 13.1. The second-order valence-electron chi connectivity index (χ2n) is 20.2. The van der Waals surface area contributed by atoms with Crippen LogP contribution in [0, 0.1) is 0 Å². The van der Waals surface area contributed by atoms with Crippen molar-refractivity contribution < 1.29 is 0 Å². The maximum Gasteiger partial charge on any atom is 0.211 e. The van der Waals surface area contributed by atoms with Crippen molar-refractivity contribution in [1.82, 2.24) is 14.5 Å². The van der Waals surface area contributed by atoms with E-state index in [1.54, 1.807) is 0 Å². The highest BCUT2D eigenvalue weighted by atomic mass is 15.4. The molecule has 362 valence electrons. The third-order valence-corrected chi connectivity index (χ3v) is 15.9. The van der Waals surface area contributed by atoms with Crippen LogP contribution in [0.4, 0.5) is 17.1 Å². The van der Waals surface area contributed by atoms with Gasteiger partial charge in [-0.2, -0.15) is 4.99 Å². The quantitative estimate of drug-likeness (QED) is 0.174. The van der Waals surface area contributed by atoms with Crippen LogP contribution in [-0.4, -0.2) is 20.9 Å². The molecule has 11 aromatic carbocycles. The summed E-state index contributed by atoms with van der Waals surface area (Å²) in [6.07, 6.45) is -0.386. The summed E-state index contributed by atoms with van der Waals surface area (Å²) in [5, 5.41) is 12.9. The Labute approximate surface area is 445 Å². The molecule has 0 saturated heterocycles. The third kappa shape index (κ3) is 6.77. The molecule has 2 atom stereocenters. The number of fused-ring (bicyclic) bond motifs is 10. The number of nitrogens with zero attached hydrogens (tertiary/aromatic N) is 5. The number of aromatic nitrogens is 2. The Morgan fingerprint density at radius 1 is 0.377 bits per heavy atom. The summed E-state index contributed by atoms with van der Waals surface area (Å²) in [6.45, 7) is 0. The molecule has 0 fully saturated rings. The lowest BCUT2D eigenvalue weighted by atomic mass is 9.78. The molecule has 0 spiro atoms. The molecular formula is C70H47N7. The summed E-state index contributed by atoms with van der Waals surface area (Å²) in [7, 11) is 0. The first-order valence-corrected chi connectivity index (χ1v) is 26.4. The smallest absolute Gasteiger partial charge is 0.211 e. The Hall–Kier alpha value is -10.2. The minimum Gasteiger partial charge on any atom is -0.373 e. The number of rotatable bonds is 6. The zero-order valence-electron chi connectivity index (χ0n) is 41.7. The van der Waals surface area contributed by atoms with Gasteiger partial charge in [0, 0.05) is 60.9 Å². The monoisotopic (exact) mass is 985 g/mol. The van der Waals surface area contributed by atoms with Crippen LogP contribution in [0.3, 0.4) is 0 Å². The van der Waals surface area contributed by atoms with Crippen LogP contribution in [0.1, 0.15) is 34.5 Å². The van der Waals surface area contributed by atoms with E-state index in [4.69, 9.17) is 9.98 Å². The molecule has 3 aliphatic rings. The van der Waals surface area contributed by atoms with Gasteiger partial charge in [-0.15, -0.1) is 0 Å². The first kappa shape index (κ1) is 43.2. The van der Waals surface area contributed by atoms with Gasteiger partial charge in [-0.3, -0.25) is 4.90 Å². The van der Waals surface area contributed by atoms with Gasteiger partial charge in [0.1, 0.15) is 6.17 Å². The van der Waals surface area contributed by atoms with Crippen LogP contribution in [0.15, 0.2) is 271 Å². The van der Waals surface area contributed by atoms with Crippen LogP contribution >= 0.6 is 0 Å². The zero-order valence-corrected chi connectivity index (χ0v) is 41.7. The summed E-state index contributed by atoms with van der Waals surface area (Å²) in [5.41, 5.74) is 21.6. The average molecular weight is 986 g/mol. The average Bonchev–Trinajstić information content (AvgIpc) is 4.14. The maximum absolute atomic E-state index is 5.49. The maximum atomic E-state index is 5.49. The Morgan fingerprint density at radius 2 is 0.909 bits per heavy atom. The number of nitrogens with one attached hydrogen (secondary N) is 2. The molecule has 2 unspecified atom stereocenters. The zero-order chi connectivity index (χ0) is 50.6. The highest BCUT2D eigenvalue weighted by Crippen LogP contribution is 2.57. The van der Waals surface area contributed by atoms with E-state index in [0.717, 1.165) is 67.4 Å². The molecule has 2 N–H and O–H groups in total. The lowest BCUT2D eigenvalue weighted by Gasteiger charge is -2.43. The van der Waals surface area contributed by atoms with E-state index in [9.17, 15) is 0 Å². The molecule has 16 rings (SSSR count). The van der Waals surface area contributed by atoms with Crippen molar-refractivity contribution >= 4 is 72.5 Å². The molecule has 7 nitrogen and oxygen atoms in total. The normalized spacial score (nSPS) is 15.4. The molecule has 13 aromatic rings. The third-order valence-electron chi connectivity index (χ3n) is 15.9. The fourth-order valence-electron chi connectivity index (χ4n) is 12.5. The number of para-hydroxylation sites is 5. The van der Waals surface area contributed by atoms with Crippen molar-refractivity contribution in [2.24, 2.45) is 9.98 Å². The van der Waals surface area contributed by atoms with E-state index in [1.165, 1.54) is 60.3 Å². The second-order valence-corrected chi connectivity index (χ2v) is 20.2. The molecule has 0 aliphatic carbocycles. The number of aliphatic imine (C=N–C) groups is 2. The molecule has 0 saturated carbocycles. The van der Waals surface area contributed by atoms with Crippen molar-refractivity contribution in [2.75, 3.05) is 10.2 Å². The number of benzene rings is 11. The molecule has 0 amide bonds. The number of anilines is 3. The van der Waals surface area contributed by atoms with E-state index >= 15 is 0 Å². The standard InChI is InChI=1S/C70H47N7/c1-5-19-44(20-6-1)68-72-69(45-21-7-2-8-22-45)74-70(73-68)77-63-38-34-47(46-33-37-61-55(41-46)52-27-14-17-31-59(52)75(61)49-23-9-3-10-24-49)42-57(63)67-66-64(77)40-36-51(65(66)54-29-13-16-30-58(54)71-67)48-35-39-62-56(43-48)53-28-15-18-32-60(53)76(62)50-25-11-4-12-26-50/h1-43,67-68,71H,(H,72,73,74). The second kappa shape index (κ2) is 17.2. The van der Waals surface area contributed by atoms with Crippen molar-refractivity contribution in [2.45, 2.75) is 12.2 Å². The van der Waals surface area contributed by atoms with Gasteiger partial charge in [-0.1, -0.05) is 176 Å². The SMILES string of the molecule is c1ccc(C2=NC(c3ccccc3)NC(N3c4ccc(-c5ccc6c(c5)c5ccccc5n6-c5ccccc5)cc4C4Nc5ccccc5-c5c(-c6ccc7c(c6)c6ccccc6n7-c6ccccc6)ccc3c54)=N2)cc1. The van der Waals surface area contributed by atoms with Crippen LogP contribution in [-0.2, 0) is 0 Å². The summed E-state index contributed by atoms with van der Waals surface area (Å²) < 4.78 is 4.77. The molecule has 77 heavy (non-hydrogen) atoms. The highest BCUT2D eigenvalue weighted by molar-refractivity contribution is 6.17. The van der Waals surface area contributed by atoms with E-state index < -0.39 is 0 Å². The minimum atomic E-state index is -0.386. The Kier molecular flexibility index (Phi) is 9.63. The Bertz CT molecular complexity index is 4570. The number of amidine groups is 1. The molecular weight excluding hydrogens is 939 g/mol. The number of guanidine groups is 1. The lowest BCUT2D eigenvalue weighted by Crippen LogP contribution is -2.45. The van der Waals surface area contributed by atoms with Gasteiger partial charge in [0.25, 0.3) is 0 Å². The summed E-state index contributed by atoms with van der Waals surface area (Å²) >= 11 is 0. The fraction of sp³-hybridized carbons (Fsp3) is 0.0286. The molecule has 2 aromatic heterocycles. The fourth-order valence-corrected chi connectivity index (χ4v) is 12.5. The predicted octanol–water partition coefficient (Wildman–Crippen LogP) is 17.0. The van der Waals surface area contributed by atoms with Crippen molar-refractivity contribution in [3.63, 3.8) is 0 Å². The number of hydrogen-bond acceptors (Lipinski definition) is 5. The summed E-state index contributed by atoms with van der Waals surface area (Å²) in [5.74, 6) is 1.38. The van der Waals surface area contributed by atoms with Crippen LogP contribution in [0.2, 0.25) is 0 Å². The van der Waals surface area contributed by atoms with Gasteiger partial charge in [-0.05, 0) is 118 Å². The molecule has 0 radical (unpaired) electrons. The summed E-state index contributed by atoms with van der Waals surface area (Å²) in [6, 6.07) is 94.0. The topological polar surface area (TPSA) is 61.9 Å². The van der Waals surface area contributed by atoms with Crippen LogP contribution < -0.4 is 15.5 Å². The molecule has 5 heterocycles. The largest absolute Gasteiger partial charge is 0.373 e. The number of hydrogen-bond donors (Lipinski definition) is 2. The first-order chi connectivity index (χ1) is 38.2. The highest BCUT2D eigenvalue weighted by Gasteiger charge is 2.40. The van der Waals surface area contributed by atoms with Crippen LogP contribution in [0.5, 0.6) is 0 Å². The van der Waals surface area contributed by atoms with E-state index in [-0.39, 0.29) is 12.2 Å². The van der Waals surface area contributed by atoms with Crippen LogP contribution in [0.25, 0.3) is 88.4 Å². The molecule has 0 bridgehead atoms. The van der Waals surface area contributed by atoms with E-state index in [0.29, 0.717) is 11.8 Å². The molecule has 7 heteroatoms. The Morgan fingerprint density at radius 3 is 1.60 bits per heavy atom. The van der Waals surface area contributed by atoms with Crippen molar-refractivity contribution in [3.05, 3.63) is 283 Å². The first-order valence-electron chi connectivity index (χ1n) is 26.4. The van der Waals surface area contributed by atoms with Gasteiger partial charge < -0.3 is 19.8 Å². The van der Waals surface area contributed by atoms with Gasteiger partial charge in [0.15, 0.2) is 5.84 Å². The van der Waals surface area contributed by atoms with Gasteiger partial charge in [0.05, 0.1) is 39.5 Å². The molecule has 3 aliphatic heterocycles.